The van der Waals surface area contributed by atoms with E-state index in [9.17, 15) is 14.4 Å². The molecule has 0 saturated carbocycles. The van der Waals surface area contributed by atoms with Crippen LogP contribution in [0.3, 0.4) is 0 Å². The topological polar surface area (TPSA) is 93.5 Å². The van der Waals surface area contributed by atoms with Crippen LogP contribution in [0.25, 0.3) is 0 Å². The van der Waals surface area contributed by atoms with Crippen LogP contribution in [0.4, 0.5) is 11.4 Å². The van der Waals surface area contributed by atoms with Crippen LogP contribution < -0.4 is 4.90 Å². The van der Waals surface area contributed by atoms with Crippen molar-refractivity contribution in [2.75, 3.05) is 37.6 Å². The number of carbonyl (C=O) groups excluding carboxylic acids is 4. The SMILES string of the molecule is CCCC[N+]1=C(/C=C/C2=C(N(CCCN3CCCCC3C)C(=O)CCCC(=O)ON3C(=O)CCC3=O)C(=C/C=C3/N(CCC)c4ccccc4C3(C)C)/CCC2)C(C)(C)[C@H](C)c2ccccc21. The number of rotatable bonds is 18. The molecule has 0 bridgehead atoms. The van der Waals surface area contributed by atoms with E-state index in [2.05, 4.69) is 148 Å². The number of benzene rings is 2. The fourth-order valence-corrected chi connectivity index (χ4v) is 11.2. The van der Waals surface area contributed by atoms with Crippen molar-refractivity contribution in [3.8, 4) is 0 Å². The Balaban J connectivity index is 1.32. The van der Waals surface area contributed by atoms with E-state index >= 15 is 4.79 Å². The van der Waals surface area contributed by atoms with Gasteiger partial charge < -0.3 is 19.5 Å². The quantitative estimate of drug-likeness (QED) is 0.109. The Kier molecular flexibility index (Phi) is 16.3. The molecule has 0 radical (unpaired) electrons. The summed E-state index contributed by atoms with van der Waals surface area (Å²) in [6.07, 6.45) is 20.0. The first-order valence-corrected chi connectivity index (χ1v) is 25.7. The van der Waals surface area contributed by atoms with E-state index < -0.39 is 17.8 Å². The second-order valence-electron chi connectivity index (χ2n) is 20.7. The summed E-state index contributed by atoms with van der Waals surface area (Å²) in [5.74, 6) is -1.42. The van der Waals surface area contributed by atoms with E-state index in [1.54, 1.807) is 0 Å². The molecule has 5 aliphatic rings. The molecular formula is C57H78N5O5+. The highest BCUT2D eigenvalue weighted by Gasteiger charge is 2.45. The number of amides is 3. The molecule has 2 fully saturated rings. The summed E-state index contributed by atoms with van der Waals surface area (Å²) < 4.78 is 2.55. The van der Waals surface area contributed by atoms with Gasteiger partial charge in [-0.3, -0.25) is 14.4 Å². The molecular weight excluding hydrogens is 835 g/mol. The van der Waals surface area contributed by atoms with E-state index in [4.69, 9.17) is 4.84 Å². The van der Waals surface area contributed by atoms with Gasteiger partial charge in [-0.05, 0) is 108 Å². The molecule has 7 rings (SSSR count). The number of nitrogens with zero attached hydrogens (tertiary/aromatic N) is 5. The zero-order valence-corrected chi connectivity index (χ0v) is 42.0. The summed E-state index contributed by atoms with van der Waals surface area (Å²) in [6.45, 7) is 22.9. The van der Waals surface area contributed by atoms with Crippen molar-refractivity contribution in [2.45, 2.75) is 169 Å². The second-order valence-corrected chi connectivity index (χ2v) is 20.7. The maximum absolute atomic E-state index is 15.0. The Hall–Kier alpha value is -5.09. The minimum absolute atomic E-state index is 0.0341. The third-order valence-corrected chi connectivity index (χ3v) is 15.4. The first-order valence-electron chi connectivity index (χ1n) is 25.7. The first-order chi connectivity index (χ1) is 32.2. The van der Waals surface area contributed by atoms with Gasteiger partial charge in [0.15, 0.2) is 5.71 Å². The van der Waals surface area contributed by atoms with Gasteiger partial charge in [0.1, 0.15) is 6.54 Å². The lowest BCUT2D eigenvalue weighted by atomic mass is 9.69. The molecule has 3 amide bonds. The summed E-state index contributed by atoms with van der Waals surface area (Å²) >= 11 is 0. The van der Waals surface area contributed by atoms with E-state index in [0.29, 0.717) is 23.6 Å². The molecule has 2 atom stereocenters. The van der Waals surface area contributed by atoms with Crippen LogP contribution in [0.5, 0.6) is 0 Å². The van der Waals surface area contributed by atoms with E-state index in [1.165, 1.54) is 53.2 Å². The summed E-state index contributed by atoms with van der Waals surface area (Å²) in [6, 6.07) is 18.2. The summed E-state index contributed by atoms with van der Waals surface area (Å²) in [5, 5.41) is 0.592. The third kappa shape index (κ3) is 10.8. The molecule has 360 valence electrons. The van der Waals surface area contributed by atoms with Gasteiger partial charge in [0, 0.05) is 104 Å². The van der Waals surface area contributed by atoms with Gasteiger partial charge in [-0.25, -0.2) is 4.79 Å². The molecule has 0 spiro atoms. The monoisotopic (exact) mass is 913 g/mol. The highest BCUT2D eigenvalue weighted by atomic mass is 16.7. The first kappa shape index (κ1) is 49.8. The molecule has 2 aromatic rings. The Morgan fingerprint density at radius 3 is 2.31 bits per heavy atom. The number of imide groups is 1. The van der Waals surface area contributed by atoms with Crippen molar-refractivity contribution in [3.63, 3.8) is 0 Å². The standard InChI is InChI=1S/C57H78N5O5/c1-9-11-39-60-47-26-14-12-24-45(47)42(4)56(5,6)49(60)32-30-43-22-18-23-44(31-33-50-57(7,8)46-25-13-15-27-48(46)59(50)36-10-2)55(43)61(40-20-38-58-37-17-16-21-41(58)3)51(63)28-19-29-54(66)67-62-52(64)34-35-53(62)65/h12-15,24-27,30-33,41-42H,9-11,16-23,28-29,34-40H2,1-8H3/q+1/t41?,42-/m1/s1. The van der Waals surface area contributed by atoms with Gasteiger partial charge in [0.2, 0.25) is 11.6 Å². The van der Waals surface area contributed by atoms with Gasteiger partial charge in [-0.15, -0.1) is 5.06 Å². The van der Waals surface area contributed by atoms with Gasteiger partial charge in [0.05, 0.1) is 5.41 Å². The molecule has 4 heterocycles. The number of anilines is 1. The van der Waals surface area contributed by atoms with Crippen LogP contribution >= 0.6 is 0 Å². The van der Waals surface area contributed by atoms with Crippen LogP contribution in [-0.4, -0.2) is 87.6 Å². The summed E-state index contributed by atoms with van der Waals surface area (Å²) in [7, 11) is 0. The van der Waals surface area contributed by atoms with Crippen LogP contribution in [0.1, 0.15) is 169 Å². The van der Waals surface area contributed by atoms with Crippen LogP contribution in [0.2, 0.25) is 0 Å². The third-order valence-electron chi connectivity index (χ3n) is 15.4. The predicted molar refractivity (Wildman–Crippen MR) is 269 cm³/mol. The highest BCUT2D eigenvalue weighted by Crippen LogP contribution is 2.49. The number of fused-ring (bicyclic) bond motifs is 2. The molecule has 0 aromatic heterocycles. The van der Waals surface area contributed by atoms with Crippen LogP contribution in [0, 0.1) is 5.41 Å². The number of allylic oxidation sites excluding steroid dienone is 7. The van der Waals surface area contributed by atoms with Gasteiger partial charge in [0.25, 0.3) is 11.8 Å². The number of hydroxylamine groups is 2. The maximum Gasteiger partial charge on any atom is 0.333 e. The molecule has 67 heavy (non-hydrogen) atoms. The smallest absolute Gasteiger partial charge is 0.333 e. The molecule has 1 aliphatic carbocycles. The minimum Gasteiger partial charge on any atom is -0.344 e. The normalized spacial score (nSPS) is 22.9. The summed E-state index contributed by atoms with van der Waals surface area (Å²) in [5.41, 5.74) is 10.8. The predicted octanol–water partition coefficient (Wildman–Crippen LogP) is 11.6. The largest absolute Gasteiger partial charge is 0.344 e. The molecule has 10 nitrogen and oxygen atoms in total. The van der Waals surface area contributed by atoms with E-state index in [0.717, 1.165) is 88.0 Å². The molecule has 10 heteroatoms. The van der Waals surface area contributed by atoms with Crippen molar-refractivity contribution < 1.29 is 28.6 Å². The number of likely N-dealkylation sites (tertiary alicyclic amines) is 1. The van der Waals surface area contributed by atoms with Crippen molar-refractivity contribution in [2.24, 2.45) is 5.41 Å². The average molecular weight is 913 g/mol. The van der Waals surface area contributed by atoms with Crippen LogP contribution in [-0.2, 0) is 29.4 Å². The Bertz CT molecular complexity index is 2320. The van der Waals surface area contributed by atoms with Gasteiger partial charge in [-0.1, -0.05) is 96.0 Å². The number of unbranched alkanes of at least 4 members (excludes halogenated alkanes) is 1. The van der Waals surface area contributed by atoms with Crippen LogP contribution in [0.15, 0.2) is 95.4 Å². The van der Waals surface area contributed by atoms with Crippen molar-refractivity contribution in [1.29, 1.82) is 0 Å². The fraction of sp³-hybridized carbons (Fsp3) is 0.561. The number of hydrogen-bond acceptors (Lipinski definition) is 7. The Morgan fingerprint density at radius 2 is 1.57 bits per heavy atom. The lowest BCUT2D eigenvalue weighted by Gasteiger charge is -2.36. The minimum atomic E-state index is -0.679. The number of hydrogen-bond donors (Lipinski definition) is 0. The highest BCUT2D eigenvalue weighted by molar-refractivity contribution is 6.01. The van der Waals surface area contributed by atoms with Gasteiger partial charge in [-0.2, -0.15) is 4.58 Å². The zero-order chi connectivity index (χ0) is 47.9. The maximum atomic E-state index is 15.0. The van der Waals surface area contributed by atoms with Gasteiger partial charge >= 0.3 is 5.97 Å². The average Bonchev–Trinajstić information content (AvgIpc) is 3.74. The zero-order valence-electron chi connectivity index (χ0n) is 42.0. The lowest BCUT2D eigenvalue weighted by Crippen LogP contribution is -2.40. The molecule has 1 unspecified atom stereocenters. The number of carbonyl (C=O) groups is 4. The lowest BCUT2D eigenvalue weighted by molar-refractivity contribution is -0.448. The summed E-state index contributed by atoms with van der Waals surface area (Å²) in [4.78, 5) is 64.8. The fourth-order valence-electron chi connectivity index (χ4n) is 11.2. The molecule has 4 aliphatic heterocycles. The Morgan fingerprint density at radius 1 is 0.821 bits per heavy atom. The van der Waals surface area contributed by atoms with E-state index in [-0.39, 0.29) is 48.8 Å². The molecule has 2 saturated heterocycles. The Labute approximate surface area is 401 Å². The second kappa shape index (κ2) is 21.9. The molecule has 0 N–H and O–H groups in total. The molecule has 2 aromatic carbocycles. The number of piperidine rings is 1. The van der Waals surface area contributed by atoms with Crippen molar-refractivity contribution >= 4 is 40.8 Å². The van der Waals surface area contributed by atoms with Crippen molar-refractivity contribution in [1.82, 2.24) is 14.9 Å². The van der Waals surface area contributed by atoms with E-state index in [1.807, 2.05) is 0 Å². The van der Waals surface area contributed by atoms with Crippen molar-refractivity contribution in [3.05, 3.63) is 107 Å². The number of para-hydroxylation sites is 2.